The number of hydrogen-bond acceptors (Lipinski definition) is 4. The van der Waals surface area contributed by atoms with Gasteiger partial charge in [0.05, 0.1) is 24.3 Å². The van der Waals surface area contributed by atoms with Crippen LogP contribution < -0.4 is 15.4 Å². The number of nitrogens with zero attached hydrogens (tertiary/aromatic N) is 2. The third kappa shape index (κ3) is 5.73. The number of nitrogens with one attached hydrogen (secondary N) is 2. The minimum Gasteiger partial charge on any atom is -0.493 e. The van der Waals surface area contributed by atoms with E-state index < -0.39 is 5.54 Å². The van der Waals surface area contributed by atoms with E-state index in [-0.39, 0.29) is 30.2 Å². The van der Waals surface area contributed by atoms with Crippen molar-refractivity contribution in [2.45, 2.75) is 39.2 Å². The Balaban J connectivity index is 0.00000300. The number of carbonyl (C=O) groups is 1. The van der Waals surface area contributed by atoms with Gasteiger partial charge in [-0.25, -0.2) is 0 Å². The first kappa shape index (κ1) is 23.2. The molecule has 0 spiro atoms. The monoisotopic (exact) mass is 420 g/mol. The Morgan fingerprint density at radius 2 is 2.00 bits per heavy atom. The first-order valence-electron chi connectivity index (χ1n) is 10.0. The lowest BCUT2D eigenvalue weighted by Crippen LogP contribution is -2.45. The van der Waals surface area contributed by atoms with Gasteiger partial charge in [0.1, 0.15) is 5.75 Å². The van der Waals surface area contributed by atoms with Gasteiger partial charge < -0.3 is 15.4 Å². The highest BCUT2D eigenvalue weighted by atomic mass is 35.5. The Kier molecular flexibility index (Phi) is 7.72. The molecule has 0 bridgehead atoms. The Bertz CT molecular complexity index is 801. The Labute approximate surface area is 179 Å². The van der Waals surface area contributed by atoms with Crippen LogP contribution in [0.5, 0.6) is 5.75 Å². The van der Waals surface area contributed by atoms with Gasteiger partial charge in [-0.1, -0.05) is 26.0 Å². The van der Waals surface area contributed by atoms with E-state index in [2.05, 4.69) is 29.6 Å². The zero-order valence-electron chi connectivity index (χ0n) is 17.9. The molecule has 2 heterocycles. The molecule has 6 nitrogen and oxygen atoms in total. The van der Waals surface area contributed by atoms with Crippen molar-refractivity contribution in [2.75, 3.05) is 19.7 Å². The fourth-order valence-corrected chi connectivity index (χ4v) is 3.64. The lowest BCUT2D eigenvalue weighted by Gasteiger charge is -2.30. The van der Waals surface area contributed by atoms with Crippen molar-refractivity contribution in [1.29, 1.82) is 0 Å². The van der Waals surface area contributed by atoms with Gasteiger partial charge in [-0.05, 0) is 43.0 Å². The number of hydrogen-bond donors (Lipinski definition) is 2. The summed E-state index contributed by atoms with van der Waals surface area (Å²) in [5.74, 6) is 1.47. The van der Waals surface area contributed by atoms with Crippen molar-refractivity contribution >= 4 is 18.3 Å². The maximum atomic E-state index is 13.1. The van der Waals surface area contributed by atoms with Crippen molar-refractivity contribution in [3.8, 4) is 5.75 Å². The third-order valence-corrected chi connectivity index (χ3v) is 5.30. The molecule has 1 aliphatic heterocycles. The highest BCUT2D eigenvalue weighted by Gasteiger charge is 2.37. The van der Waals surface area contributed by atoms with E-state index in [1.165, 1.54) is 0 Å². The summed E-state index contributed by atoms with van der Waals surface area (Å²) in [6, 6.07) is 8.01. The van der Waals surface area contributed by atoms with Crippen LogP contribution in [0.1, 0.15) is 44.7 Å². The van der Waals surface area contributed by atoms with E-state index in [0.717, 1.165) is 23.4 Å². The topological polar surface area (TPSA) is 68.2 Å². The standard InChI is InChI=1S/C22H32N4O2.ClH/c1-15(2)14-28-18-8-6-17(7-9-18)22(3,4)25-21(27)20-12-23-11-19(20)16-10-24-26(5)13-16;/h6-10,13,15,19-20,23H,11-12,14H2,1-5H3,(H,25,27);1H/t19-,20+;/m1./s1. The number of ether oxygens (including phenoxy) is 1. The second-order valence-electron chi connectivity index (χ2n) is 8.66. The van der Waals surface area contributed by atoms with E-state index in [4.69, 9.17) is 4.74 Å². The number of aromatic nitrogens is 2. The lowest BCUT2D eigenvalue weighted by atomic mass is 9.88. The van der Waals surface area contributed by atoms with Crippen LogP contribution in [-0.4, -0.2) is 35.4 Å². The summed E-state index contributed by atoms with van der Waals surface area (Å²) in [4.78, 5) is 13.1. The molecule has 2 aromatic rings. The SMILES string of the molecule is CC(C)COc1ccc(C(C)(C)NC(=O)[C@H]2CNC[C@@H]2c2cnn(C)c2)cc1.Cl. The van der Waals surface area contributed by atoms with Gasteiger partial charge in [0.15, 0.2) is 0 Å². The average Bonchev–Trinajstić information content (AvgIpc) is 3.28. The fraction of sp³-hybridized carbons (Fsp3) is 0.545. The molecule has 1 fully saturated rings. The third-order valence-electron chi connectivity index (χ3n) is 5.30. The van der Waals surface area contributed by atoms with Crippen molar-refractivity contribution in [2.24, 2.45) is 18.9 Å². The summed E-state index contributed by atoms with van der Waals surface area (Å²) in [5.41, 5.74) is 1.70. The molecule has 2 N–H and O–H groups in total. The molecule has 1 aliphatic rings. The Hall–Kier alpha value is -2.05. The smallest absolute Gasteiger partial charge is 0.225 e. The molecule has 0 aliphatic carbocycles. The van der Waals surface area contributed by atoms with Crippen molar-refractivity contribution in [3.63, 3.8) is 0 Å². The summed E-state index contributed by atoms with van der Waals surface area (Å²) in [7, 11) is 1.90. The summed E-state index contributed by atoms with van der Waals surface area (Å²) in [5, 5.41) is 10.9. The van der Waals surface area contributed by atoms with Gasteiger partial charge in [-0.3, -0.25) is 9.48 Å². The molecule has 2 atom stereocenters. The number of aryl methyl sites for hydroxylation is 1. The molecule has 1 amide bonds. The average molecular weight is 421 g/mol. The Morgan fingerprint density at radius 1 is 1.31 bits per heavy atom. The predicted molar refractivity (Wildman–Crippen MR) is 118 cm³/mol. The van der Waals surface area contributed by atoms with E-state index in [9.17, 15) is 4.79 Å². The second kappa shape index (κ2) is 9.63. The van der Waals surface area contributed by atoms with Gasteiger partial charge in [0.25, 0.3) is 0 Å². The maximum absolute atomic E-state index is 13.1. The molecule has 1 aromatic carbocycles. The number of halogens is 1. The van der Waals surface area contributed by atoms with Crippen molar-refractivity contribution in [1.82, 2.24) is 20.4 Å². The molecule has 160 valence electrons. The van der Waals surface area contributed by atoms with Crippen molar-refractivity contribution < 1.29 is 9.53 Å². The second-order valence-corrected chi connectivity index (χ2v) is 8.66. The summed E-state index contributed by atoms with van der Waals surface area (Å²) < 4.78 is 7.55. The summed E-state index contributed by atoms with van der Waals surface area (Å²) in [6.07, 6.45) is 3.86. The van der Waals surface area contributed by atoms with Crippen LogP contribution >= 0.6 is 12.4 Å². The van der Waals surface area contributed by atoms with E-state index in [1.807, 2.05) is 57.6 Å². The highest BCUT2D eigenvalue weighted by molar-refractivity contribution is 5.85. The fourth-order valence-electron chi connectivity index (χ4n) is 3.64. The van der Waals surface area contributed by atoms with Gasteiger partial charge in [0.2, 0.25) is 5.91 Å². The minimum atomic E-state index is -0.463. The zero-order valence-corrected chi connectivity index (χ0v) is 18.8. The van der Waals surface area contributed by atoms with Crippen LogP contribution in [0.15, 0.2) is 36.7 Å². The number of benzene rings is 1. The quantitative estimate of drug-likeness (QED) is 0.721. The molecule has 0 radical (unpaired) electrons. The van der Waals surface area contributed by atoms with Crippen LogP contribution in [0, 0.1) is 11.8 Å². The first-order valence-corrected chi connectivity index (χ1v) is 10.0. The van der Waals surface area contributed by atoms with Crippen LogP contribution in [-0.2, 0) is 17.4 Å². The largest absolute Gasteiger partial charge is 0.493 e. The van der Waals surface area contributed by atoms with Crippen LogP contribution in [0.4, 0.5) is 0 Å². The van der Waals surface area contributed by atoms with E-state index in [0.29, 0.717) is 19.1 Å². The molecule has 1 aromatic heterocycles. The van der Waals surface area contributed by atoms with E-state index >= 15 is 0 Å². The Morgan fingerprint density at radius 3 is 2.59 bits per heavy atom. The van der Waals surface area contributed by atoms with Gasteiger partial charge in [0, 0.05) is 32.3 Å². The molecule has 1 saturated heterocycles. The summed E-state index contributed by atoms with van der Waals surface area (Å²) in [6.45, 7) is 10.5. The molecule has 7 heteroatoms. The first-order chi connectivity index (χ1) is 13.3. The molecule has 0 saturated carbocycles. The molecule has 29 heavy (non-hydrogen) atoms. The zero-order chi connectivity index (χ0) is 20.3. The van der Waals surface area contributed by atoms with Crippen molar-refractivity contribution in [3.05, 3.63) is 47.8 Å². The number of rotatable bonds is 7. The molecular weight excluding hydrogens is 388 g/mol. The number of amides is 1. The highest BCUT2D eigenvalue weighted by Crippen LogP contribution is 2.30. The maximum Gasteiger partial charge on any atom is 0.225 e. The van der Waals surface area contributed by atoms with Crippen LogP contribution in [0.3, 0.4) is 0 Å². The number of carbonyl (C=O) groups excluding carboxylic acids is 1. The van der Waals surface area contributed by atoms with E-state index in [1.54, 1.807) is 4.68 Å². The molecule has 3 rings (SSSR count). The van der Waals surface area contributed by atoms with Crippen LogP contribution in [0.25, 0.3) is 0 Å². The predicted octanol–water partition coefficient (Wildman–Crippen LogP) is 3.23. The van der Waals surface area contributed by atoms with Crippen LogP contribution in [0.2, 0.25) is 0 Å². The normalized spacial score (nSPS) is 19.1. The minimum absolute atomic E-state index is 0. The molecule has 0 unspecified atom stereocenters. The molecular formula is C22H33ClN4O2. The lowest BCUT2D eigenvalue weighted by molar-refractivity contribution is -0.126. The van der Waals surface area contributed by atoms with Gasteiger partial charge in [-0.15, -0.1) is 12.4 Å². The summed E-state index contributed by atoms with van der Waals surface area (Å²) >= 11 is 0. The van der Waals surface area contributed by atoms with Gasteiger partial charge >= 0.3 is 0 Å². The van der Waals surface area contributed by atoms with Gasteiger partial charge in [-0.2, -0.15) is 5.10 Å².